The topological polar surface area (TPSA) is 232 Å². The molecule has 0 unspecified atom stereocenters. The Hall–Kier alpha value is -4.27. The summed E-state index contributed by atoms with van der Waals surface area (Å²) in [6.07, 6.45) is 6.17. The molecule has 1 aromatic carbocycles. The number of amides is 5. The number of primary amides is 1. The van der Waals surface area contributed by atoms with Gasteiger partial charge in [0.25, 0.3) is 0 Å². The first-order chi connectivity index (χ1) is 22.0. The minimum Gasteiger partial charge on any atom is -0.370 e. The zero-order valence-corrected chi connectivity index (χ0v) is 26.0. The van der Waals surface area contributed by atoms with Gasteiger partial charge in [0.15, 0.2) is 5.96 Å². The fraction of sp³-hybridized carbons (Fsp3) is 0.613. The van der Waals surface area contributed by atoms with Gasteiger partial charge in [-0.1, -0.05) is 25.0 Å². The monoisotopic (exact) mass is 643 g/mol. The minimum absolute atomic E-state index is 0.0308. The summed E-state index contributed by atoms with van der Waals surface area (Å²) < 4.78 is 13.2. The van der Waals surface area contributed by atoms with Gasteiger partial charge in [-0.25, -0.2) is 4.39 Å². The second kappa shape index (κ2) is 15.8. The molecule has 3 fully saturated rings. The van der Waals surface area contributed by atoms with E-state index >= 15 is 0 Å². The van der Waals surface area contributed by atoms with Gasteiger partial charge < -0.3 is 43.4 Å². The van der Waals surface area contributed by atoms with Gasteiger partial charge in [0, 0.05) is 25.6 Å². The summed E-state index contributed by atoms with van der Waals surface area (Å²) in [6, 6.07) is 1.98. The number of carbonyl (C=O) groups excluding carboxylic acids is 5. The first-order valence-electron chi connectivity index (χ1n) is 16.0. The van der Waals surface area contributed by atoms with Crippen molar-refractivity contribution in [3.63, 3.8) is 0 Å². The van der Waals surface area contributed by atoms with Crippen LogP contribution in [0, 0.1) is 11.7 Å². The number of nitrogens with two attached hydrogens (primary N) is 4. The Morgan fingerprint density at radius 1 is 0.978 bits per heavy atom. The standard InChI is InChI=1S/C31H46FN9O5/c32-20-11-9-18(10-12-20)15-22(27(34)43)39-26(42)17-38-28(44)24-8-4-14-40(24)30(46)25-16-19-5-1-2-7-23(19)41(25)29(45)21(33)6-3-13-37-31(35)36/h9-12,19,21-25H,1-8,13-17,33H2,(H2,34,43)(H,38,44)(H,39,42)(H4,35,36,37)/t19-,21+,22-,23-,24-,25-/m0/s1. The number of rotatable bonds is 13. The zero-order valence-electron chi connectivity index (χ0n) is 26.0. The van der Waals surface area contributed by atoms with Gasteiger partial charge in [0.1, 0.15) is 23.9 Å². The number of hydrogen-bond donors (Lipinski definition) is 6. The van der Waals surface area contributed by atoms with Crippen LogP contribution in [0.25, 0.3) is 0 Å². The van der Waals surface area contributed by atoms with E-state index in [0.29, 0.717) is 50.8 Å². The Morgan fingerprint density at radius 2 is 1.70 bits per heavy atom. The lowest BCUT2D eigenvalue weighted by atomic mass is 9.84. The molecule has 6 atom stereocenters. The molecule has 14 nitrogen and oxygen atoms in total. The highest BCUT2D eigenvalue weighted by molar-refractivity contribution is 5.95. The number of likely N-dealkylation sites (tertiary alicyclic amines) is 2. The summed E-state index contributed by atoms with van der Waals surface area (Å²) in [5.41, 5.74) is 23.1. The van der Waals surface area contributed by atoms with Crippen molar-refractivity contribution in [1.82, 2.24) is 20.4 Å². The number of aliphatic imine (C=N–C) groups is 1. The van der Waals surface area contributed by atoms with Gasteiger partial charge in [0.05, 0.1) is 12.6 Å². The van der Waals surface area contributed by atoms with E-state index in [1.807, 2.05) is 0 Å². The summed E-state index contributed by atoms with van der Waals surface area (Å²) >= 11 is 0. The van der Waals surface area contributed by atoms with Gasteiger partial charge >= 0.3 is 0 Å². The molecular weight excluding hydrogens is 597 g/mol. The quantitative estimate of drug-likeness (QED) is 0.0883. The van der Waals surface area contributed by atoms with Crippen molar-refractivity contribution in [2.24, 2.45) is 33.8 Å². The van der Waals surface area contributed by atoms with E-state index in [-0.39, 0.29) is 36.2 Å². The van der Waals surface area contributed by atoms with Crippen LogP contribution in [0.15, 0.2) is 29.3 Å². The van der Waals surface area contributed by atoms with Gasteiger partial charge in [-0.2, -0.15) is 0 Å². The van der Waals surface area contributed by atoms with Crippen molar-refractivity contribution in [3.8, 4) is 0 Å². The summed E-state index contributed by atoms with van der Waals surface area (Å²) in [6.45, 7) is 0.262. The van der Waals surface area contributed by atoms with Crippen LogP contribution in [0.2, 0.25) is 0 Å². The zero-order chi connectivity index (χ0) is 33.4. The number of nitrogens with one attached hydrogen (secondary N) is 2. The molecule has 1 saturated carbocycles. The molecular formula is C31H46FN9O5. The van der Waals surface area contributed by atoms with Crippen molar-refractivity contribution in [2.75, 3.05) is 19.6 Å². The van der Waals surface area contributed by atoms with Crippen LogP contribution in [-0.4, -0.2) is 95.1 Å². The normalized spacial score (nSPS) is 23.6. The van der Waals surface area contributed by atoms with Gasteiger partial charge in [0.2, 0.25) is 29.5 Å². The van der Waals surface area contributed by atoms with Crippen LogP contribution in [0.3, 0.4) is 0 Å². The average Bonchev–Trinajstić information content (AvgIpc) is 3.67. The first-order valence-corrected chi connectivity index (χ1v) is 16.0. The molecule has 0 radical (unpaired) electrons. The third-order valence-electron chi connectivity index (χ3n) is 9.21. The van der Waals surface area contributed by atoms with Crippen LogP contribution < -0.4 is 33.6 Å². The molecule has 2 heterocycles. The second-order valence-electron chi connectivity index (χ2n) is 12.4. The molecule has 2 aliphatic heterocycles. The number of fused-ring (bicyclic) bond motifs is 1. The third-order valence-corrected chi connectivity index (χ3v) is 9.21. The van der Waals surface area contributed by atoms with E-state index in [9.17, 15) is 28.4 Å². The lowest BCUT2D eigenvalue weighted by molar-refractivity contribution is -0.148. The van der Waals surface area contributed by atoms with Gasteiger partial charge in [-0.15, -0.1) is 0 Å². The second-order valence-corrected chi connectivity index (χ2v) is 12.4. The van der Waals surface area contributed by atoms with Gasteiger partial charge in [-0.3, -0.25) is 29.0 Å². The van der Waals surface area contributed by atoms with E-state index in [1.165, 1.54) is 29.2 Å². The van der Waals surface area contributed by atoms with Crippen molar-refractivity contribution in [3.05, 3.63) is 35.6 Å². The van der Waals surface area contributed by atoms with Crippen molar-refractivity contribution < 1.29 is 28.4 Å². The van der Waals surface area contributed by atoms with Crippen LogP contribution in [0.4, 0.5) is 4.39 Å². The van der Waals surface area contributed by atoms with Crippen LogP contribution in [0.1, 0.15) is 63.4 Å². The van der Waals surface area contributed by atoms with Crippen LogP contribution in [0.5, 0.6) is 0 Å². The first kappa shape index (κ1) is 34.6. The molecule has 1 aliphatic carbocycles. The molecule has 4 rings (SSSR count). The molecule has 0 spiro atoms. The SMILES string of the molecule is NC(=O)[C@H](Cc1ccc(F)cc1)NC(=O)CNC(=O)[C@@H]1CCCN1C(=O)[C@@H]1C[C@@H]2CCCC[C@@H]2N1C(=O)[C@H](N)CCCN=C(N)N. The minimum atomic E-state index is -1.06. The molecule has 252 valence electrons. The summed E-state index contributed by atoms with van der Waals surface area (Å²) in [7, 11) is 0. The maximum absolute atomic E-state index is 14.0. The molecule has 46 heavy (non-hydrogen) atoms. The highest BCUT2D eigenvalue weighted by Gasteiger charge is 2.50. The lowest BCUT2D eigenvalue weighted by Gasteiger charge is -2.36. The van der Waals surface area contributed by atoms with E-state index < -0.39 is 54.3 Å². The Morgan fingerprint density at radius 3 is 2.39 bits per heavy atom. The summed E-state index contributed by atoms with van der Waals surface area (Å²) in [5, 5.41) is 5.09. The molecule has 10 N–H and O–H groups in total. The predicted octanol–water partition coefficient (Wildman–Crippen LogP) is -1.01. The average molecular weight is 644 g/mol. The molecule has 2 saturated heterocycles. The highest BCUT2D eigenvalue weighted by atomic mass is 19.1. The molecule has 5 amide bonds. The molecule has 1 aromatic rings. The van der Waals surface area contributed by atoms with Crippen LogP contribution in [-0.2, 0) is 30.4 Å². The molecule has 3 aliphatic rings. The number of nitrogens with zero attached hydrogens (tertiary/aromatic N) is 3. The Balaban J connectivity index is 1.37. The highest BCUT2D eigenvalue weighted by Crippen LogP contribution is 2.41. The van der Waals surface area contributed by atoms with Crippen molar-refractivity contribution in [1.29, 1.82) is 0 Å². The largest absolute Gasteiger partial charge is 0.370 e. The smallest absolute Gasteiger partial charge is 0.246 e. The van der Waals surface area contributed by atoms with E-state index in [4.69, 9.17) is 22.9 Å². The molecule has 0 aromatic heterocycles. The maximum atomic E-state index is 14.0. The maximum Gasteiger partial charge on any atom is 0.246 e. The van der Waals surface area contributed by atoms with E-state index in [0.717, 1.165) is 25.7 Å². The fourth-order valence-corrected chi connectivity index (χ4v) is 6.94. The van der Waals surface area contributed by atoms with E-state index in [2.05, 4.69) is 15.6 Å². The number of halogens is 1. The van der Waals surface area contributed by atoms with Crippen molar-refractivity contribution >= 4 is 35.5 Å². The molecule has 0 bridgehead atoms. The predicted molar refractivity (Wildman–Crippen MR) is 168 cm³/mol. The van der Waals surface area contributed by atoms with Crippen molar-refractivity contribution in [2.45, 2.75) is 94.4 Å². The fourth-order valence-electron chi connectivity index (χ4n) is 6.94. The summed E-state index contributed by atoms with van der Waals surface area (Å²) in [4.78, 5) is 72.7. The third kappa shape index (κ3) is 8.71. The lowest BCUT2D eigenvalue weighted by Crippen LogP contribution is -2.57. The number of hydrogen-bond acceptors (Lipinski definition) is 7. The number of benzene rings is 1. The number of carbonyl (C=O) groups is 5. The Labute approximate surface area is 267 Å². The molecule has 15 heteroatoms. The number of guanidine groups is 1. The summed E-state index contributed by atoms with van der Waals surface area (Å²) in [5.74, 6) is -2.76. The Bertz CT molecular complexity index is 1310. The van der Waals surface area contributed by atoms with Crippen LogP contribution >= 0.6 is 0 Å². The van der Waals surface area contributed by atoms with Gasteiger partial charge in [-0.05, 0) is 68.6 Å². The van der Waals surface area contributed by atoms with E-state index in [1.54, 1.807) is 4.90 Å². The Kier molecular flexibility index (Phi) is 11.9.